The van der Waals surface area contributed by atoms with Gasteiger partial charge in [-0.25, -0.2) is 0 Å². The molecule has 1 aromatic rings. The van der Waals surface area contributed by atoms with Gasteiger partial charge in [-0.2, -0.15) is 0 Å². The maximum absolute atomic E-state index is 3.19. The molecule has 1 aliphatic rings. The zero-order valence-corrected chi connectivity index (χ0v) is 11.8. The normalized spacial score (nSPS) is 15.3. The first-order chi connectivity index (χ1) is 8.83. The van der Waals surface area contributed by atoms with Gasteiger partial charge in [0.2, 0.25) is 0 Å². The monoisotopic (exact) mass is 246 g/mol. The second kappa shape index (κ2) is 6.91. The lowest BCUT2D eigenvalue weighted by Gasteiger charge is -2.21. The average Bonchev–Trinajstić information content (AvgIpc) is 3.21. The highest BCUT2D eigenvalue weighted by Crippen LogP contribution is 2.28. The fourth-order valence-electron chi connectivity index (χ4n) is 2.39. The first-order valence-electron chi connectivity index (χ1n) is 7.30. The Morgan fingerprint density at radius 2 is 1.83 bits per heavy atom. The molecule has 1 N–H and O–H groups in total. The summed E-state index contributed by atoms with van der Waals surface area (Å²) < 4.78 is 0. The van der Waals surface area contributed by atoms with E-state index in [9.17, 15) is 0 Å². The molecular weight excluding hydrogens is 220 g/mol. The van der Waals surface area contributed by atoms with Gasteiger partial charge in [-0.15, -0.1) is 0 Å². The SMILES string of the molecule is CCCCN(Cc1ccc(CNC)cc1)C1CC1. The van der Waals surface area contributed by atoms with Crippen molar-refractivity contribution < 1.29 is 0 Å². The van der Waals surface area contributed by atoms with E-state index in [4.69, 9.17) is 0 Å². The Labute approximate surface area is 111 Å². The van der Waals surface area contributed by atoms with Crippen LogP contribution in [0.2, 0.25) is 0 Å². The quantitative estimate of drug-likeness (QED) is 0.758. The van der Waals surface area contributed by atoms with E-state index >= 15 is 0 Å². The maximum atomic E-state index is 3.19. The van der Waals surface area contributed by atoms with Crippen LogP contribution in [0, 0.1) is 0 Å². The van der Waals surface area contributed by atoms with Crippen LogP contribution in [0.15, 0.2) is 24.3 Å². The molecule has 0 amide bonds. The number of benzene rings is 1. The summed E-state index contributed by atoms with van der Waals surface area (Å²) in [5.41, 5.74) is 2.82. The Kier molecular flexibility index (Phi) is 5.21. The molecule has 0 unspecified atom stereocenters. The van der Waals surface area contributed by atoms with Crippen molar-refractivity contribution in [2.75, 3.05) is 13.6 Å². The summed E-state index contributed by atoms with van der Waals surface area (Å²) in [5.74, 6) is 0. The second-order valence-electron chi connectivity index (χ2n) is 5.40. The fraction of sp³-hybridized carbons (Fsp3) is 0.625. The smallest absolute Gasteiger partial charge is 0.0236 e. The van der Waals surface area contributed by atoms with Crippen molar-refractivity contribution in [3.63, 3.8) is 0 Å². The maximum Gasteiger partial charge on any atom is 0.0236 e. The summed E-state index contributed by atoms with van der Waals surface area (Å²) in [6.45, 7) is 5.63. The molecule has 0 bridgehead atoms. The van der Waals surface area contributed by atoms with Crippen LogP contribution < -0.4 is 5.32 Å². The van der Waals surface area contributed by atoms with Gasteiger partial charge in [0.15, 0.2) is 0 Å². The molecule has 0 aromatic heterocycles. The highest BCUT2D eigenvalue weighted by molar-refractivity contribution is 5.22. The van der Waals surface area contributed by atoms with E-state index in [0.717, 1.165) is 19.1 Å². The van der Waals surface area contributed by atoms with E-state index in [1.165, 1.54) is 43.4 Å². The van der Waals surface area contributed by atoms with Crippen molar-refractivity contribution in [1.82, 2.24) is 10.2 Å². The van der Waals surface area contributed by atoms with Gasteiger partial charge in [0, 0.05) is 19.1 Å². The van der Waals surface area contributed by atoms with Crippen LogP contribution in [0.5, 0.6) is 0 Å². The number of hydrogen-bond donors (Lipinski definition) is 1. The van der Waals surface area contributed by atoms with Crippen LogP contribution in [0.4, 0.5) is 0 Å². The highest BCUT2D eigenvalue weighted by Gasteiger charge is 2.28. The minimum Gasteiger partial charge on any atom is -0.316 e. The van der Waals surface area contributed by atoms with Crippen molar-refractivity contribution in [3.05, 3.63) is 35.4 Å². The highest BCUT2D eigenvalue weighted by atomic mass is 15.2. The molecule has 2 nitrogen and oxygen atoms in total. The molecule has 1 aliphatic carbocycles. The number of nitrogens with zero attached hydrogens (tertiary/aromatic N) is 1. The Hall–Kier alpha value is -0.860. The summed E-state index contributed by atoms with van der Waals surface area (Å²) >= 11 is 0. The van der Waals surface area contributed by atoms with Crippen LogP contribution in [-0.2, 0) is 13.1 Å². The summed E-state index contributed by atoms with van der Waals surface area (Å²) in [6, 6.07) is 9.93. The molecule has 1 fully saturated rings. The molecule has 0 spiro atoms. The van der Waals surface area contributed by atoms with Crippen LogP contribution in [0.3, 0.4) is 0 Å². The van der Waals surface area contributed by atoms with Crippen molar-refractivity contribution in [3.8, 4) is 0 Å². The van der Waals surface area contributed by atoms with Gasteiger partial charge >= 0.3 is 0 Å². The van der Waals surface area contributed by atoms with Gasteiger partial charge in [-0.05, 0) is 44.0 Å². The second-order valence-corrected chi connectivity index (χ2v) is 5.40. The lowest BCUT2D eigenvalue weighted by atomic mass is 10.1. The van der Waals surface area contributed by atoms with E-state index in [1.807, 2.05) is 7.05 Å². The molecule has 0 radical (unpaired) electrons. The molecule has 2 heteroatoms. The first-order valence-corrected chi connectivity index (χ1v) is 7.30. The van der Waals surface area contributed by atoms with Gasteiger partial charge in [-0.3, -0.25) is 4.90 Å². The summed E-state index contributed by atoms with van der Waals surface area (Å²) in [7, 11) is 1.99. The lowest BCUT2D eigenvalue weighted by molar-refractivity contribution is 0.250. The summed E-state index contributed by atoms with van der Waals surface area (Å²) in [4.78, 5) is 2.66. The Bertz CT molecular complexity index is 341. The average molecular weight is 246 g/mol. The third-order valence-corrected chi connectivity index (χ3v) is 3.65. The molecule has 0 saturated heterocycles. The predicted molar refractivity (Wildman–Crippen MR) is 77.5 cm³/mol. The van der Waals surface area contributed by atoms with Crippen LogP contribution in [-0.4, -0.2) is 24.5 Å². The lowest BCUT2D eigenvalue weighted by Crippen LogP contribution is -2.26. The van der Waals surface area contributed by atoms with Gasteiger partial charge in [-0.1, -0.05) is 37.6 Å². The van der Waals surface area contributed by atoms with Crippen LogP contribution in [0.1, 0.15) is 43.7 Å². The third-order valence-electron chi connectivity index (χ3n) is 3.65. The molecule has 1 aromatic carbocycles. The van der Waals surface area contributed by atoms with Gasteiger partial charge < -0.3 is 5.32 Å². The van der Waals surface area contributed by atoms with Crippen molar-refractivity contribution >= 4 is 0 Å². The van der Waals surface area contributed by atoms with E-state index in [2.05, 4.69) is 41.4 Å². The number of unbranched alkanes of at least 4 members (excludes halogenated alkanes) is 1. The van der Waals surface area contributed by atoms with E-state index in [0.29, 0.717) is 0 Å². The van der Waals surface area contributed by atoms with Crippen LogP contribution >= 0.6 is 0 Å². The number of rotatable bonds is 8. The largest absolute Gasteiger partial charge is 0.316 e. The van der Waals surface area contributed by atoms with Crippen LogP contribution in [0.25, 0.3) is 0 Å². The first kappa shape index (κ1) is 13.6. The van der Waals surface area contributed by atoms with Gasteiger partial charge in [0.25, 0.3) is 0 Å². The molecule has 1 saturated carbocycles. The van der Waals surface area contributed by atoms with E-state index in [-0.39, 0.29) is 0 Å². The molecule has 0 atom stereocenters. The van der Waals surface area contributed by atoms with E-state index in [1.54, 1.807) is 0 Å². The summed E-state index contributed by atoms with van der Waals surface area (Å²) in [5, 5.41) is 3.19. The summed E-state index contributed by atoms with van der Waals surface area (Å²) in [6.07, 6.45) is 5.43. The number of hydrogen-bond acceptors (Lipinski definition) is 2. The molecule has 18 heavy (non-hydrogen) atoms. The van der Waals surface area contributed by atoms with Gasteiger partial charge in [0.05, 0.1) is 0 Å². The Balaban J connectivity index is 1.89. The number of nitrogens with one attached hydrogen (secondary N) is 1. The minimum atomic E-state index is 0.869. The molecule has 0 heterocycles. The molecule has 0 aliphatic heterocycles. The predicted octanol–water partition coefficient (Wildman–Crippen LogP) is 3.17. The molecule has 100 valence electrons. The van der Waals surface area contributed by atoms with E-state index < -0.39 is 0 Å². The standard InChI is InChI=1S/C16H26N2/c1-3-4-11-18(16-9-10-16)13-15-7-5-14(6-8-15)12-17-2/h5-8,16-17H,3-4,9-13H2,1-2H3. The van der Waals surface area contributed by atoms with Crippen molar-refractivity contribution in [2.45, 2.75) is 51.7 Å². The Morgan fingerprint density at radius 1 is 1.17 bits per heavy atom. The third kappa shape index (κ3) is 4.11. The van der Waals surface area contributed by atoms with Crippen molar-refractivity contribution in [2.24, 2.45) is 0 Å². The Morgan fingerprint density at radius 3 is 2.39 bits per heavy atom. The zero-order chi connectivity index (χ0) is 12.8. The fourth-order valence-corrected chi connectivity index (χ4v) is 2.39. The molecular formula is C16H26N2. The zero-order valence-electron chi connectivity index (χ0n) is 11.8. The van der Waals surface area contributed by atoms with Gasteiger partial charge in [0.1, 0.15) is 0 Å². The van der Waals surface area contributed by atoms with Crippen molar-refractivity contribution in [1.29, 1.82) is 0 Å². The molecule has 2 rings (SSSR count). The minimum absolute atomic E-state index is 0.869. The topological polar surface area (TPSA) is 15.3 Å².